The quantitative estimate of drug-likeness (QED) is 0.921. The minimum absolute atomic E-state index is 0.154. The Kier molecular flexibility index (Phi) is 3.70. The van der Waals surface area contributed by atoms with Crippen molar-refractivity contribution in [1.29, 1.82) is 0 Å². The summed E-state index contributed by atoms with van der Waals surface area (Å²) in [7, 11) is 0. The van der Waals surface area contributed by atoms with Gasteiger partial charge >= 0.3 is 0 Å². The van der Waals surface area contributed by atoms with Gasteiger partial charge in [-0.1, -0.05) is 13.8 Å². The first-order valence-electron chi connectivity index (χ1n) is 7.08. The second-order valence-electron chi connectivity index (χ2n) is 5.51. The Hall–Kier alpha value is -0.0600. The van der Waals surface area contributed by atoms with Crippen molar-refractivity contribution in [3.8, 4) is 0 Å². The minimum Gasteiger partial charge on any atom is -0.305 e. The zero-order valence-corrected chi connectivity index (χ0v) is 12.9. The van der Waals surface area contributed by atoms with Gasteiger partial charge in [0.1, 0.15) is 5.01 Å². The molecule has 18 heavy (non-hydrogen) atoms. The summed E-state index contributed by atoms with van der Waals surface area (Å²) in [6.07, 6.45) is 5.15. The van der Waals surface area contributed by atoms with Gasteiger partial charge in [-0.05, 0) is 43.9 Å². The number of fused-ring (bicyclic) bond motifs is 1. The molecule has 1 aromatic rings. The van der Waals surface area contributed by atoms with Crippen LogP contribution < -0.4 is 5.32 Å². The first-order valence-corrected chi connectivity index (χ1v) is 9.05. The average molecular weight is 282 g/mol. The maximum atomic E-state index is 5.02. The number of thiazole rings is 1. The number of hydrogen-bond acceptors (Lipinski definition) is 4. The summed E-state index contributed by atoms with van der Waals surface area (Å²) in [6, 6.07) is 0. The number of nitrogens with one attached hydrogen (secondary N) is 1. The van der Waals surface area contributed by atoms with E-state index in [1.54, 1.807) is 4.88 Å². The van der Waals surface area contributed by atoms with E-state index in [4.69, 9.17) is 4.98 Å². The van der Waals surface area contributed by atoms with Crippen LogP contribution in [-0.4, -0.2) is 23.0 Å². The van der Waals surface area contributed by atoms with E-state index in [1.165, 1.54) is 47.9 Å². The van der Waals surface area contributed by atoms with Gasteiger partial charge in [0.2, 0.25) is 0 Å². The molecule has 2 unspecified atom stereocenters. The van der Waals surface area contributed by atoms with Gasteiger partial charge in [0.15, 0.2) is 0 Å². The number of aromatic nitrogens is 1. The molecule has 3 rings (SSSR count). The lowest BCUT2D eigenvalue weighted by Gasteiger charge is -2.31. The molecular formula is C14H22N2S2. The van der Waals surface area contributed by atoms with E-state index in [-0.39, 0.29) is 5.54 Å². The van der Waals surface area contributed by atoms with Gasteiger partial charge in [-0.25, -0.2) is 4.98 Å². The van der Waals surface area contributed by atoms with Gasteiger partial charge in [-0.2, -0.15) is 11.8 Å². The molecule has 0 amide bonds. The molecule has 1 saturated heterocycles. The van der Waals surface area contributed by atoms with Crippen LogP contribution in [0.5, 0.6) is 0 Å². The van der Waals surface area contributed by atoms with Crippen molar-refractivity contribution in [3.05, 3.63) is 15.6 Å². The Morgan fingerprint density at radius 1 is 1.39 bits per heavy atom. The number of thioether (sulfide) groups is 1. The lowest BCUT2D eigenvalue weighted by molar-refractivity contribution is 0.295. The molecule has 2 atom stereocenters. The second-order valence-corrected chi connectivity index (χ2v) is 7.63. The molecule has 0 bridgehead atoms. The highest BCUT2D eigenvalue weighted by Crippen LogP contribution is 2.44. The van der Waals surface area contributed by atoms with Gasteiger partial charge in [0, 0.05) is 10.6 Å². The van der Waals surface area contributed by atoms with Crippen molar-refractivity contribution >= 4 is 23.1 Å². The van der Waals surface area contributed by atoms with Gasteiger partial charge < -0.3 is 5.32 Å². The fourth-order valence-corrected chi connectivity index (χ4v) is 6.23. The van der Waals surface area contributed by atoms with Crippen LogP contribution in [-0.2, 0) is 18.4 Å². The van der Waals surface area contributed by atoms with Crippen LogP contribution in [0.3, 0.4) is 0 Å². The largest absolute Gasteiger partial charge is 0.305 e. The molecular weight excluding hydrogens is 260 g/mol. The summed E-state index contributed by atoms with van der Waals surface area (Å²) in [6.45, 7) is 5.63. The number of nitrogens with zero attached hydrogens (tertiary/aromatic N) is 1. The van der Waals surface area contributed by atoms with E-state index in [0.29, 0.717) is 5.92 Å². The summed E-state index contributed by atoms with van der Waals surface area (Å²) in [5.41, 5.74) is 1.56. The molecule has 1 N–H and O–H groups in total. The monoisotopic (exact) mass is 282 g/mol. The highest BCUT2D eigenvalue weighted by Gasteiger charge is 2.44. The lowest BCUT2D eigenvalue weighted by Crippen LogP contribution is -2.47. The van der Waals surface area contributed by atoms with Gasteiger partial charge in [0.05, 0.1) is 11.2 Å². The topological polar surface area (TPSA) is 24.9 Å². The van der Waals surface area contributed by atoms with E-state index in [1.807, 2.05) is 11.3 Å². The predicted octanol–water partition coefficient (Wildman–Crippen LogP) is 3.21. The average Bonchev–Trinajstić information content (AvgIpc) is 2.95. The lowest BCUT2D eigenvalue weighted by atomic mass is 9.89. The summed E-state index contributed by atoms with van der Waals surface area (Å²) in [4.78, 5) is 6.58. The molecule has 4 heteroatoms. The van der Waals surface area contributed by atoms with Crippen molar-refractivity contribution in [2.75, 3.05) is 18.1 Å². The Balaban J connectivity index is 1.97. The third-order valence-electron chi connectivity index (χ3n) is 4.26. The van der Waals surface area contributed by atoms with Crippen molar-refractivity contribution < 1.29 is 0 Å². The SMILES string of the molecule is CCNC1(c2nc3c(s2)CCCC3)CSCC1C. The smallest absolute Gasteiger partial charge is 0.114 e. The predicted molar refractivity (Wildman–Crippen MR) is 80.6 cm³/mol. The summed E-state index contributed by atoms with van der Waals surface area (Å²) in [5, 5.41) is 5.13. The molecule has 100 valence electrons. The van der Waals surface area contributed by atoms with Crippen molar-refractivity contribution in [2.24, 2.45) is 5.92 Å². The fourth-order valence-electron chi connectivity index (χ4n) is 3.11. The maximum Gasteiger partial charge on any atom is 0.114 e. The normalized spacial score (nSPS) is 31.6. The van der Waals surface area contributed by atoms with E-state index < -0.39 is 0 Å². The van der Waals surface area contributed by atoms with Crippen LogP contribution in [0.1, 0.15) is 42.3 Å². The number of aryl methyl sites for hydroxylation is 2. The zero-order valence-electron chi connectivity index (χ0n) is 11.3. The molecule has 0 saturated carbocycles. The molecule has 0 radical (unpaired) electrons. The number of hydrogen-bond donors (Lipinski definition) is 1. The van der Waals surface area contributed by atoms with Crippen LogP contribution in [0.4, 0.5) is 0 Å². The highest BCUT2D eigenvalue weighted by atomic mass is 32.2. The molecule has 2 nitrogen and oxygen atoms in total. The Morgan fingerprint density at radius 2 is 2.22 bits per heavy atom. The third-order valence-corrected chi connectivity index (χ3v) is 6.99. The maximum absolute atomic E-state index is 5.02. The van der Waals surface area contributed by atoms with Crippen LogP contribution in [0.15, 0.2) is 0 Å². The van der Waals surface area contributed by atoms with E-state index >= 15 is 0 Å². The second kappa shape index (κ2) is 5.14. The van der Waals surface area contributed by atoms with Gasteiger partial charge in [0.25, 0.3) is 0 Å². The molecule has 1 fully saturated rings. The fraction of sp³-hybridized carbons (Fsp3) is 0.786. The van der Waals surface area contributed by atoms with Crippen LogP contribution in [0.25, 0.3) is 0 Å². The van der Waals surface area contributed by atoms with Crippen molar-refractivity contribution in [2.45, 2.75) is 45.1 Å². The van der Waals surface area contributed by atoms with E-state index in [2.05, 4.69) is 30.9 Å². The molecule has 1 aliphatic heterocycles. The Bertz CT molecular complexity index is 406. The molecule has 0 aromatic carbocycles. The highest BCUT2D eigenvalue weighted by molar-refractivity contribution is 7.99. The van der Waals surface area contributed by atoms with Crippen LogP contribution in [0, 0.1) is 5.92 Å². The minimum atomic E-state index is 0.154. The summed E-state index contributed by atoms with van der Waals surface area (Å²) >= 11 is 4.06. The van der Waals surface area contributed by atoms with Crippen LogP contribution >= 0.6 is 23.1 Å². The van der Waals surface area contributed by atoms with Crippen molar-refractivity contribution in [3.63, 3.8) is 0 Å². The number of rotatable bonds is 3. The molecule has 0 spiro atoms. The third kappa shape index (κ3) is 2.02. The summed E-state index contributed by atoms with van der Waals surface area (Å²) < 4.78 is 0. The van der Waals surface area contributed by atoms with Crippen molar-refractivity contribution in [1.82, 2.24) is 10.3 Å². The first kappa shape index (κ1) is 12.9. The molecule has 2 heterocycles. The first-order chi connectivity index (χ1) is 8.76. The van der Waals surface area contributed by atoms with E-state index in [0.717, 1.165) is 6.54 Å². The zero-order chi connectivity index (χ0) is 12.6. The Morgan fingerprint density at radius 3 is 2.89 bits per heavy atom. The van der Waals surface area contributed by atoms with Gasteiger partial charge in [-0.15, -0.1) is 11.3 Å². The Labute approximate surface area is 118 Å². The molecule has 1 aliphatic carbocycles. The molecule has 2 aliphatic rings. The molecule has 1 aromatic heterocycles. The summed E-state index contributed by atoms with van der Waals surface area (Å²) in [5.74, 6) is 3.14. The van der Waals surface area contributed by atoms with Gasteiger partial charge in [-0.3, -0.25) is 0 Å². The van der Waals surface area contributed by atoms with E-state index in [9.17, 15) is 0 Å². The van der Waals surface area contributed by atoms with Crippen LogP contribution in [0.2, 0.25) is 0 Å². The standard InChI is InChI=1S/C14H22N2S2/c1-3-15-14(9-17-8-10(14)2)13-16-11-6-4-5-7-12(11)18-13/h10,15H,3-9H2,1-2H3.